The van der Waals surface area contributed by atoms with E-state index in [1.54, 1.807) is 0 Å². The molecule has 1 aromatic rings. The Balaban J connectivity index is 2.23. The van der Waals surface area contributed by atoms with Crippen LogP contribution in [0.2, 0.25) is 0 Å². The van der Waals surface area contributed by atoms with E-state index in [0.29, 0.717) is 25.9 Å². The number of amides is 2. The zero-order chi connectivity index (χ0) is 13.4. The van der Waals surface area contributed by atoms with Gasteiger partial charge in [-0.3, -0.25) is 0 Å². The molecular weight excluding hydrogens is 228 g/mol. The molecule has 0 aliphatic heterocycles. The van der Waals surface area contributed by atoms with E-state index in [-0.39, 0.29) is 12.1 Å². The predicted molar refractivity (Wildman–Crippen MR) is 72.3 cm³/mol. The van der Waals surface area contributed by atoms with Gasteiger partial charge in [-0.15, -0.1) is 0 Å². The quantitative estimate of drug-likeness (QED) is 0.722. The van der Waals surface area contributed by atoms with Gasteiger partial charge in [-0.25, -0.2) is 4.79 Å². The molecule has 0 aliphatic rings. The minimum Gasteiger partial charge on any atom is -0.393 e. The second-order valence-electron chi connectivity index (χ2n) is 4.39. The van der Waals surface area contributed by atoms with Crippen molar-refractivity contribution in [1.82, 2.24) is 10.6 Å². The fourth-order valence-electron chi connectivity index (χ4n) is 1.60. The lowest BCUT2D eigenvalue weighted by Gasteiger charge is -2.11. The Hall–Kier alpha value is -1.55. The van der Waals surface area contributed by atoms with E-state index in [2.05, 4.69) is 10.6 Å². The molecule has 0 heterocycles. The average Bonchev–Trinajstić information content (AvgIpc) is 2.37. The van der Waals surface area contributed by atoms with Crippen molar-refractivity contribution in [3.8, 4) is 0 Å². The van der Waals surface area contributed by atoms with Crippen LogP contribution in [0.5, 0.6) is 0 Å². The van der Waals surface area contributed by atoms with Crippen LogP contribution in [0.25, 0.3) is 0 Å². The van der Waals surface area contributed by atoms with Gasteiger partial charge >= 0.3 is 6.03 Å². The van der Waals surface area contributed by atoms with E-state index in [9.17, 15) is 9.90 Å². The molecule has 2 amide bonds. The summed E-state index contributed by atoms with van der Waals surface area (Å²) in [5.74, 6) is 0. The number of carbonyl (C=O) groups is 1. The predicted octanol–water partition coefficient (Wildman–Crippen LogP) is 1.96. The van der Waals surface area contributed by atoms with Gasteiger partial charge in [0.1, 0.15) is 0 Å². The molecule has 0 spiro atoms. The van der Waals surface area contributed by atoms with Gasteiger partial charge < -0.3 is 15.7 Å². The van der Waals surface area contributed by atoms with E-state index in [1.807, 2.05) is 38.1 Å². The number of hydrogen-bond acceptors (Lipinski definition) is 2. The van der Waals surface area contributed by atoms with Gasteiger partial charge in [-0.05, 0) is 30.9 Å². The third kappa shape index (κ3) is 5.19. The second-order valence-corrected chi connectivity index (χ2v) is 4.39. The van der Waals surface area contributed by atoms with Crippen LogP contribution in [-0.2, 0) is 6.54 Å². The largest absolute Gasteiger partial charge is 0.393 e. The summed E-state index contributed by atoms with van der Waals surface area (Å²) in [6, 6.07) is 7.76. The third-order valence-electron chi connectivity index (χ3n) is 2.94. The molecule has 18 heavy (non-hydrogen) atoms. The third-order valence-corrected chi connectivity index (χ3v) is 2.94. The van der Waals surface area contributed by atoms with Crippen LogP contribution in [0.3, 0.4) is 0 Å². The zero-order valence-electron chi connectivity index (χ0n) is 11.1. The molecule has 0 aliphatic carbocycles. The monoisotopic (exact) mass is 250 g/mol. The molecule has 3 N–H and O–H groups in total. The van der Waals surface area contributed by atoms with Crippen LogP contribution in [0, 0.1) is 6.92 Å². The molecule has 1 unspecified atom stereocenters. The summed E-state index contributed by atoms with van der Waals surface area (Å²) in [4.78, 5) is 11.5. The standard InChI is InChI=1S/C14H22N2O2/c1-3-13(17)8-9-15-14(18)16-10-12-7-5-4-6-11(12)2/h4-7,13,17H,3,8-10H2,1-2H3,(H2,15,16,18). The van der Waals surface area contributed by atoms with Crippen molar-refractivity contribution in [2.75, 3.05) is 6.54 Å². The maximum absolute atomic E-state index is 11.5. The maximum Gasteiger partial charge on any atom is 0.315 e. The number of rotatable bonds is 6. The Morgan fingerprint density at radius 3 is 2.72 bits per heavy atom. The lowest BCUT2D eigenvalue weighted by molar-refractivity contribution is 0.160. The van der Waals surface area contributed by atoms with Crippen LogP contribution >= 0.6 is 0 Å². The number of aliphatic hydroxyl groups excluding tert-OH is 1. The number of hydrogen-bond donors (Lipinski definition) is 3. The minimum absolute atomic E-state index is 0.193. The Morgan fingerprint density at radius 1 is 1.33 bits per heavy atom. The summed E-state index contributed by atoms with van der Waals surface area (Å²) in [5.41, 5.74) is 2.28. The number of urea groups is 1. The Kier molecular flexibility index (Phi) is 6.22. The summed E-state index contributed by atoms with van der Waals surface area (Å²) in [6.45, 7) is 4.96. The van der Waals surface area contributed by atoms with Crippen LogP contribution < -0.4 is 10.6 Å². The Labute approximate surface area is 108 Å². The summed E-state index contributed by atoms with van der Waals surface area (Å²) in [6.07, 6.45) is 0.975. The molecule has 0 saturated heterocycles. The topological polar surface area (TPSA) is 61.4 Å². The maximum atomic E-state index is 11.5. The first-order valence-corrected chi connectivity index (χ1v) is 6.37. The number of aryl methyl sites for hydroxylation is 1. The van der Waals surface area contributed by atoms with Gasteiger partial charge in [0.2, 0.25) is 0 Å². The number of benzene rings is 1. The first-order valence-electron chi connectivity index (χ1n) is 6.37. The molecule has 0 saturated carbocycles. The van der Waals surface area contributed by atoms with Gasteiger partial charge in [0.15, 0.2) is 0 Å². The first kappa shape index (κ1) is 14.5. The van der Waals surface area contributed by atoms with E-state index in [4.69, 9.17) is 0 Å². The summed E-state index contributed by atoms with van der Waals surface area (Å²) >= 11 is 0. The molecule has 0 fully saturated rings. The highest BCUT2D eigenvalue weighted by Crippen LogP contribution is 2.05. The number of carbonyl (C=O) groups excluding carboxylic acids is 1. The van der Waals surface area contributed by atoms with Crippen LogP contribution in [-0.4, -0.2) is 23.8 Å². The van der Waals surface area contributed by atoms with Gasteiger partial charge in [0.25, 0.3) is 0 Å². The highest BCUT2D eigenvalue weighted by Gasteiger charge is 2.04. The van der Waals surface area contributed by atoms with Crippen molar-refractivity contribution in [3.05, 3.63) is 35.4 Å². The molecule has 100 valence electrons. The molecule has 4 nitrogen and oxygen atoms in total. The number of aliphatic hydroxyl groups is 1. The van der Waals surface area contributed by atoms with Gasteiger partial charge in [-0.1, -0.05) is 31.2 Å². The van der Waals surface area contributed by atoms with E-state index in [1.165, 1.54) is 5.56 Å². The van der Waals surface area contributed by atoms with Crippen LogP contribution in [0.4, 0.5) is 4.79 Å². The fourth-order valence-corrected chi connectivity index (χ4v) is 1.60. The lowest BCUT2D eigenvalue weighted by atomic mass is 10.1. The van der Waals surface area contributed by atoms with E-state index in [0.717, 1.165) is 5.56 Å². The Morgan fingerprint density at radius 2 is 2.06 bits per heavy atom. The van der Waals surface area contributed by atoms with Crippen molar-refractivity contribution in [2.45, 2.75) is 39.3 Å². The van der Waals surface area contributed by atoms with Gasteiger partial charge in [-0.2, -0.15) is 0 Å². The molecule has 0 bridgehead atoms. The SMILES string of the molecule is CCC(O)CCNC(=O)NCc1ccccc1C. The average molecular weight is 250 g/mol. The highest BCUT2D eigenvalue weighted by molar-refractivity contribution is 5.73. The van der Waals surface area contributed by atoms with Crippen molar-refractivity contribution in [2.24, 2.45) is 0 Å². The molecule has 0 aromatic heterocycles. The van der Waals surface area contributed by atoms with Gasteiger partial charge in [0, 0.05) is 13.1 Å². The van der Waals surface area contributed by atoms with Crippen molar-refractivity contribution >= 4 is 6.03 Å². The molecule has 1 atom stereocenters. The van der Waals surface area contributed by atoms with E-state index >= 15 is 0 Å². The molecule has 1 rings (SSSR count). The van der Waals surface area contributed by atoms with Crippen molar-refractivity contribution < 1.29 is 9.90 Å². The smallest absolute Gasteiger partial charge is 0.315 e. The molecule has 1 aromatic carbocycles. The van der Waals surface area contributed by atoms with Gasteiger partial charge in [0.05, 0.1) is 6.10 Å². The van der Waals surface area contributed by atoms with Crippen molar-refractivity contribution in [3.63, 3.8) is 0 Å². The fraction of sp³-hybridized carbons (Fsp3) is 0.500. The summed E-state index contributed by atoms with van der Waals surface area (Å²) in [7, 11) is 0. The number of nitrogens with one attached hydrogen (secondary N) is 2. The lowest BCUT2D eigenvalue weighted by Crippen LogP contribution is -2.36. The summed E-state index contributed by atoms with van der Waals surface area (Å²) in [5, 5.41) is 14.9. The molecular formula is C14H22N2O2. The molecule has 4 heteroatoms. The highest BCUT2D eigenvalue weighted by atomic mass is 16.3. The zero-order valence-corrected chi connectivity index (χ0v) is 11.1. The Bertz CT molecular complexity index is 380. The van der Waals surface area contributed by atoms with Crippen LogP contribution in [0.1, 0.15) is 30.9 Å². The summed E-state index contributed by atoms with van der Waals surface area (Å²) < 4.78 is 0. The van der Waals surface area contributed by atoms with Crippen molar-refractivity contribution in [1.29, 1.82) is 0 Å². The van der Waals surface area contributed by atoms with Crippen LogP contribution in [0.15, 0.2) is 24.3 Å². The second kappa shape index (κ2) is 7.71. The van der Waals surface area contributed by atoms with E-state index < -0.39 is 0 Å². The molecule has 0 radical (unpaired) electrons. The normalized spacial score (nSPS) is 11.9. The first-order chi connectivity index (χ1) is 8.63. The minimum atomic E-state index is -0.332.